The molecule has 1 aliphatic heterocycles. The Morgan fingerprint density at radius 2 is 2.03 bits per heavy atom. The van der Waals surface area contributed by atoms with Crippen LogP contribution in [0.15, 0.2) is 30.3 Å². The predicted molar refractivity (Wildman–Crippen MR) is 130 cm³/mol. The number of aromatic nitrogens is 3. The van der Waals surface area contributed by atoms with Gasteiger partial charge >= 0.3 is 0 Å². The van der Waals surface area contributed by atoms with Crippen molar-refractivity contribution in [3.8, 4) is 5.88 Å². The third-order valence-electron chi connectivity index (χ3n) is 6.76. The first-order chi connectivity index (χ1) is 16.0. The van der Waals surface area contributed by atoms with Crippen molar-refractivity contribution in [3.05, 3.63) is 52.7 Å². The molecule has 1 amide bonds. The SMILES string of the molecule is COc1nn(C)c2nc(C)c(CCC(=O)NCC3CCCN(Cc4ccccc4)C3)c(C)c12. The largest absolute Gasteiger partial charge is 0.479 e. The summed E-state index contributed by atoms with van der Waals surface area (Å²) >= 11 is 0. The van der Waals surface area contributed by atoms with E-state index in [9.17, 15) is 4.79 Å². The molecule has 1 unspecified atom stereocenters. The molecule has 33 heavy (non-hydrogen) atoms. The number of carbonyl (C=O) groups excluding carboxylic acids is 1. The number of methoxy groups -OCH3 is 1. The van der Waals surface area contributed by atoms with Crippen molar-refractivity contribution in [3.63, 3.8) is 0 Å². The number of hydrogen-bond donors (Lipinski definition) is 1. The number of amides is 1. The minimum Gasteiger partial charge on any atom is -0.479 e. The second kappa shape index (κ2) is 10.3. The molecule has 7 nitrogen and oxygen atoms in total. The van der Waals surface area contributed by atoms with Gasteiger partial charge in [-0.25, -0.2) is 9.67 Å². The van der Waals surface area contributed by atoms with E-state index < -0.39 is 0 Å². The maximum Gasteiger partial charge on any atom is 0.242 e. The Labute approximate surface area is 196 Å². The molecule has 1 N–H and O–H groups in total. The first kappa shape index (κ1) is 23.2. The molecular formula is C26H35N5O2. The average Bonchev–Trinajstić information content (AvgIpc) is 3.14. The summed E-state index contributed by atoms with van der Waals surface area (Å²) in [5.41, 5.74) is 5.31. The van der Waals surface area contributed by atoms with Crippen LogP contribution in [0.5, 0.6) is 5.88 Å². The molecule has 3 heterocycles. The third kappa shape index (κ3) is 5.36. The van der Waals surface area contributed by atoms with Crippen molar-refractivity contribution in [1.82, 2.24) is 25.0 Å². The Morgan fingerprint density at radius 3 is 2.79 bits per heavy atom. The van der Waals surface area contributed by atoms with E-state index in [1.807, 2.05) is 14.0 Å². The van der Waals surface area contributed by atoms with Crippen molar-refractivity contribution >= 4 is 16.9 Å². The Balaban J connectivity index is 1.31. The molecule has 1 aromatic carbocycles. The molecule has 1 aliphatic rings. The molecule has 3 aromatic rings. The Hall–Kier alpha value is -2.93. The highest BCUT2D eigenvalue weighted by atomic mass is 16.5. The van der Waals surface area contributed by atoms with Gasteiger partial charge in [-0.05, 0) is 62.3 Å². The molecular weight excluding hydrogens is 414 g/mol. The molecule has 0 radical (unpaired) electrons. The summed E-state index contributed by atoms with van der Waals surface area (Å²) in [6.45, 7) is 7.97. The van der Waals surface area contributed by atoms with Gasteiger partial charge in [-0.3, -0.25) is 9.69 Å². The van der Waals surface area contributed by atoms with Crippen LogP contribution in [0.25, 0.3) is 11.0 Å². The monoisotopic (exact) mass is 449 g/mol. The minimum absolute atomic E-state index is 0.104. The van der Waals surface area contributed by atoms with Crippen LogP contribution >= 0.6 is 0 Å². The highest BCUT2D eigenvalue weighted by Crippen LogP contribution is 2.30. The number of likely N-dealkylation sites (tertiary alicyclic amines) is 1. The average molecular weight is 450 g/mol. The molecule has 0 aliphatic carbocycles. The quantitative estimate of drug-likeness (QED) is 0.569. The number of pyridine rings is 1. The van der Waals surface area contributed by atoms with Gasteiger partial charge < -0.3 is 10.1 Å². The first-order valence-electron chi connectivity index (χ1n) is 11.9. The van der Waals surface area contributed by atoms with Crippen LogP contribution in [0.3, 0.4) is 0 Å². The number of benzene rings is 1. The topological polar surface area (TPSA) is 72.3 Å². The fourth-order valence-electron chi connectivity index (χ4n) is 5.00. The van der Waals surface area contributed by atoms with Gasteiger partial charge in [0.2, 0.25) is 11.8 Å². The lowest BCUT2D eigenvalue weighted by Crippen LogP contribution is -2.40. The first-order valence-corrected chi connectivity index (χ1v) is 11.9. The molecule has 1 fully saturated rings. The van der Waals surface area contributed by atoms with Crippen molar-refractivity contribution in [2.24, 2.45) is 13.0 Å². The van der Waals surface area contributed by atoms with Gasteiger partial charge in [0.1, 0.15) is 0 Å². The van der Waals surface area contributed by atoms with Crippen LogP contribution in [0, 0.1) is 19.8 Å². The van der Waals surface area contributed by atoms with Crippen molar-refractivity contribution < 1.29 is 9.53 Å². The van der Waals surface area contributed by atoms with E-state index >= 15 is 0 Å². The summed E-state index contributed by atoms with van der Waals surface area (Å²) in [6.07, 6.45) is 3.47. The van der Waals surface area contributed by atoms with E-state index in [4.69, 9.17) is 9.72 Å². The lowest BCUT2D eigenvalue weighted by Gasteiger charge is -2.32. The molecule has 7 heteroatoms. The number of fused-ring (bicyclic) bond motifs is 1. The Morgan fingerprint density at radius 1 is 1.24 bits per heavy atom. The zero-order valence-electron chi connectivity index (χ0n) is 20.2. The third-order valence-corrected chi connectivity index (χ3v) is 6.76. The minimum atomic E-state index is 0.104. The summed E-state index contributed by atoms with van der Waals surface area (Å²) in [5.74, 6) is 1.19. The standard InChI is InChI=1S/C26H35N5O2/c1-18-22(19(2)28-25-24(18)26(33-4)29-30(25)3)12-13-23(32)27-15-21-11-8-14-31(17-21)16-20-9-6-5-7-10-20/h5-7,9-10,21H,8,11-17H2,1-4H3,(H,27,32). The number of aryl methyl sites for hydroxylation is 3. The van der Waals surface area contributed by atoms with Crippen LogP contribution in [-0.4, -0.2) is 52.3 Å². The fraction of sp³-hybridized carbons (Fsp3) is 0.500. The smallest absolute Gasteiger partial charge is 0.242 e. The normalized spacial score (nSPS) is 16.8. The van der Waals surface area contributed by atoms with Gasteiger partial charge in [-0.15, -0.1) is 5.10 Å². The Bertz CT molecular complexity index is 1110. The van der Waals surface area contributed by atoms with Crippen molar-refractivity contribution in [1.29, 1.82) is 0 Å². The van der Waals surface area contributed by atoms with Crippen LogP contribution in [0.1, 0.15) is 41.6 Å². The summed E-state index contributed by atoms with van der Waals surface area (Å²) in [7, 11) is 3.50. The number of piperidine rings is 1. The molecule has 0 saturated carbocycles. The number of nitrogens with one attached hydrogen (secondary N) is 1. The zero-order chi connectivity index (χ0) is 23.4. The van der Waals surface area contributed by atoms with Gasteiger partial charge in [-0.1, -0.05) is 30.3 Å². The fourth-order valence-corrected chi connectivity index (χ4v) is 5.00. The molecule has 1 saturated heterocycles. The van der Waals surface area contributed by atoms with Crippen LogP contribution in [-0.2, 0) is 24.8 Å². The van der Waals surface area contributed by atoms with E-state index in [0.717, 1.165) is 54.0 Å². The predicted octanol–water partition coefficient (Wildman–Crippen LogP) is 3.55. The Kier molecular flexibility index (Phi) is 7.28. The second-order valence-electron chi connectivity index (χ2n) is 9.17. The summed E-state index contributed by atoms with van der Waals surface area (Å²) in [5, 5.41) is 8.52. The number of rotatable bonds is 8. The summed E-state index contributed by atoms with van der Waals surface area (Å²) in [4.78, 5) is 19.9. The number of carbonyl (C=O) groups is 1. The van der Waals surface area contributed by atoms with Crippen molar-refractivity contribution in [2.45, 2.75) is 46.1 Å². The van der Waals surface area contributed by atoms with Gasteiger partial charge in [0.15, 0.2) is 5.65 Å². The van der Waals surface area contributed by atoms with Gasteiger partial charge in [-0.2, -0.15) is 0 Å². The van der Waals surface area contributed by atoms with E-state index in [-0.39, 0.29) is 5.91 Å². The second-order valence-corrected chi connectivity index (χ2v) is 9.17. The molecule has 1 atom stereocenters. The van der Waals surface area contributed by atoms with Crippen LogP contribution in [0.4, 0.5) is 0 Å². The molecule has 0 bridgehead atoms. The van der Waals surface area contributed by atoms with E-state index in [1.54, 1.807) is 11.8 Å². The van der Waals surface area contributed by atoms with E-state index in [1.165, 1.54) is 18.4 Å². The molecule has 2 aromatic heterocycles. The molecule has 4 rings (SSSR count). The number of ether oxygens (including phenoxy) is 1. The zero-order valence-corrected chi connectivity index (χ0v) is 20.2. The summed E-state index contributed by atoms with van der Waals surface area (Å²) < 4.78 is 7.19. The molecule has 176 valence electrons. The number of nitrogens with zero attached hydrogens (tertiary/aromatic N) is 4. The van der Waals surface area contributed by atoms with Gasteiger partial charge in [0.25, 0.3) is 0 Å². The van der Waals surface area contributed by atoms with Crippen LogP contribution in [0.2, 0.25) is 0 Å². The van der Waals surface area contributed by atoms with Gasteiger partial charge in [0.05, 0.1) is 12.5 Å². The van der Waals surface area contributed by atoms with Crippen LogP contribution < -0.4 is 10.1 Å². The lowest BCUT2D eigenvalue weighted by atomic mass is 9.97. The van der Waals surface area contributed by atoms with Gasteiger partial charge in [0, 0.05) is 38.8 Å². The highest BCUT2D eigenvalue weighted by Gasteiger charge is 2.21. The molecule has 0 spiro atoms. The van der Waals surface area contributed by atoms with E-state index in [0.29, 0.717) is 24.6 Å². The maximum atomic E-state index is 12.7. The van der Waals surface area contributed by atoms with Crippen molar-refractivity contribution in [2.75, 3.05) is 26.7 Å². The van der Waals surface area contributed by atoms with E-state index in [2.05, 4.69) is 52.6 Å². The summed E-state index contributed by atoms with van der Waals surface area (Å²) in [6, 6.07) is 10.6. The number of hydrogen-bond acceptors (Lipinski definition) is 5. The maximum absolute atomic E-state index is 12.7. The lowest BCUT2D eigenvalue weighted by molar-refractivity contribution is -0.121. The highest BCUT2D eigenvalue weighted by molar-refractivity contribution is 5.86.